The highest BCUT2D eigenvalue weighted by Crippen LogP contribution is 2.35. The van der Waals surface area contributed by atoms with E-state index < -0.39 is 15.9 Å². The van der Waals surface area contributed by atoms with Crippen molar-refractivity contribution in [1.82, 2.24) is 14.5 Å². The molecule has 0 aliphatic carbocycles. The van der Waals surface area contributed by atoms with E-state index in [9.17, 15) is 13.2 Å². The zero-order chi connectivity index (χ0) is 27.0. The van der Waals surface area contributed by atoms with E-state index in [1.807, 2.05) is 0 Å². The van der Waals surface area contributed by atoms with Crippen LogP contribution in [0.1, 0.15) is 73.8 Å². The molecule has 1 amide bonds. The van der Waals surface area contributed by atoms with Crippen molar-refractivity contribution < 1.29 is 17.9 Å². The largest absolute Gasteiger partial charge is 0.376 e. The van der Waals surface area contributed by atoms with Crippen LogP contribution in [0.15, 0.2) is 41.4 Å². The molecule has 2 aromatic carbocycles. The fourth-order valence-corrected chi connectivity index (χ4v) is 6.30. The molecule has 9 heteroatoms. The average Bonchev–Trinajstić information content (AvgIpc) is 3.33. The summed E-state index contributed by atoms with van der Waals surface area (Å²) in [6.07, 6.45) is 1.77. The van der Waals surface area contributed by atoms with Gasteiger partial charge in [-0.15, -0.1) is 0 Å². The summed E-state index contributed by atoms with van der Waals surface area (Å²) >= 11 is 0. The second kappa shape index (κ2) is 10.5. The highest BCUT2D eigenvalue weighted by atomic mass is 32.2. The molecule has 3 aromatic rings. The topological polar surface area (TPSA) is 102 Å². The van der Waals surface area contributed by atoms with E-state index in [4.69, 9.17) is 4.74 Å². The van der Waals surface area contributed by atoms with Crippen LogP contribution in [0.5, 0.6) is 0 Å². The monoisotopic (exact) mass is 536 g/mol. The lowest BCUT2D eigenvalue weighted by molar-refractivity contribution is -0.118. The Morgan fingerprint density at radius 2 is 1.79 bits per heavy atom. The number of amides is 1. The van der Waals surface area contributed by atoms with E-state index in [0.717, 1.165) is 53.8 Å². The predicted molar refractivity (Wildman–Crippen MR) is 148 cm³/mol. The molecular formula is C29H36N4O4S. The third-order valence-corrected chi connectivity index (χ3v) is 8.59. The van der Waals surface area contributed by atoms with Crippen molar-refractivity contribution in [3.8, 4) is 11.1 Å². The number of anilines is 1. The van der Waals surface area contributed by atoms with Gasteiger partial charge in [-0.05, 0) is 69.7 Å². The van der Waals surface area contributed by atoms with Gasteiger partial charge in [0.2, 0.25) is 5.91 Å². The minimum atomic E-state index is -4.08. The summed E-state index contributed by atoms with van der Waals surface area (Å²) in [6, 6.07) is 12.3. The number of sulfonamides is 1. The van der Waals surface area contributed by atoms with Crippen molar-refractivity contribution in [3.05, 3.63) is 64.2 Å². The van der Waals surface area contributed by atoms with Crippen LogP contribution in [0.4, 0.5) is 5.82 Å². The van der Waals surface area contributed by atoms with Crippen molar-refractivity contribution in [2.24, 2.45) is 0 Å². The summed E-state index contributed by atoms with van der Waals surface area (Å²) in [5, 5.41) is 7.19. The van der Waals surface area contributed by atoms with Gasteiger partial charge in [-0.2, -0.15) is 13.5 Å². The van der Waals surface area contributed by atoms with Crippen molar-refractivity contribution in [3.63, 3.8) is 0 Å². The third-order valence-electron chi connectivity index (χ3n) is 7.35. The predicted octanol–water partition coefficient (Wildman–Crippen LogP) is 4.73. The number of fused-ring (bicyclic) bond motifs is 2. The minimum Gasteiger partial charge on any atom is -0.376 e. The van der Waals surface area contributed by atoms with Crippen LogP contribution in [-0.4, -0.2) is 37.3 Å². The lowest BCUT2D eigenvalue weighted by Gasteiger charge is -2.23. The second-order valence-electron chi connectivity index (χ2n) is 10.8. The van der Waals surface area contributed by atoms with E-state index in [-0.39, 0.29) is 23.3 Å². The quantitative estimate of drug-likeness (QED) is 0.453. The summed E-state index contributed by atoms with van der Waals surface area (Å²) in [7, 11) is -4.08. The number of hydrogen-bond donors (Lipinski definition) is 2. The maximum Gasteiger partial charge on any atom is 0.283 e. The van der Waals surface area contributed by atoms with Gasteiger partial charge in [-0.25, -0.2) is 9.40 Å². The van der Waals surface area contributed by atoms with Gasteiger partial charge in [0.15, 0.2) is 5.03 Å². The van der Waals surface area contributed by atoms with E-state index in [1.165, 1.54) is 17.2 Å². The normalized spacial score (nSPS) is 15.2. The first-order valence-corrected chi connectivity index (χ1v) is 14.8. The second-order valence-corrected chi connectivity index (χ2v) is 12.4. The number of ether oxygens (including phenoxy) is 1. The first kappa shape index (κ1) is 26.4. The number of nitrogens with zero attached hydrogens (tertiary/aromatic N) is 2. The Morgan fingerprint density at radius 1 is 1.05 bits per heavy atom. The minimum absolute atomic E-state index is 0.0234. The molecule has 0 spiro atoms. The molecule has 202 valence electrons. The third kappa shape index (κ3) is 5.35. The van der Waals surface area contributed by atoms with Gasteiger partial charge in [-0.1, -0.05) is 52.0 Å². The Labute approximate surface area is 224 Å². The van der Waals surface area contributed by atoms with Crippen LogP contribution in [0, 0.1) is 0 Å². The zero-order valence-corrected chi connectivity index (χ0v) is 23.3. The van der Waals surface area contributed by atoms with Gasteiger partial charge >= 0.3 is 0 Å². The number of rotatable bonds is 7. The number of carbonyl (C=O) groups is 1. The zero-order valence-electron chi connectivity index (χ0n) is 22.5. The summed E-state index contributed by atoms with van der Waals surface area (Å²) in [5.41, 5.74) is 7.75. The number of benzene rings is 2. The van der Waals surface area contributed by atoms with E-state index >= 15 is 0 Å². The highest BCUT2D eigenvalue weighted by molar-refractivity contribution is 7.90. The van der Waals surface area contributed by atoms with Crippen molar-refractivity contribution in [1.29, 1.82) is 0 Å². The molecule has 2 N–H and O–H groups in total. The standard InChI is InChI=1S/C29H36N4O4S/c1-18(2)24-13-22(21-7-6-20-8-11-37-17-23(20)12-21)14-25(19(3)4)26(24)15-28(34)32-38(35,36)29-16-27-30-9-5-10-33(27)31-29/h6-7,12-14,16,18-19,30H,5,8-11,15,17H2,1-4H3,(H,32,34). The molecular weight excluding hydrogens is 500 g/mol. The van der Waals surface area contributed by atoms with Crippen LogP contribution in [0.2, 0.25) is 0 Å². The van der Waals surface area contributed by atoms with Crippen LogP contribution >= 0.6 is 0 Å². The SMILES string of the molecule is CC(C)c1cc(-c2ccc3c(c2)COCC3)cc(C(C)C)c1CC(=O)NS(=O)(=O)c1cc2n(n1)CCCN2. The maximum atomic E-state index is 13.2. The van der Waals surface area contributed by atoms with E-state index in [1.54, 1.807) is 4.68 Å². The first-order valence-electron chi connectivity index (χ1n) is 13.4. The Bertz CT molecular complexity index is 1420. The first-order chi connectivity index (χ1) is 18.1. The molecule has 2 aliphatic rings. The number of nitrogens with one attached hydrogen (secondary N) is 2. The molecule has 0 unspecified atom stereocenters. The smallest absolute Gasteiger partial charge is 0.283 e. The van der Waals surface area contributed by atoms with Crippen molar-refractivity contribution in [2.75, 3.05) is 18.5 Å². The molecule has 0 atom stereocenters. The van der Waals surface area contributed by atoms with Gasteiger partial charge in [0, 0.05) is 19.2 Å². The fourth-order valence-electron chi connectivity index (χ4n) is 5.35. The van der Waals surface area contributed by atoms with Crippen molar-refractivity contribution >= 4 is 21.7 Å². The Kier molecular flexibility index (Phi) is 7.33. The lowest BCUT2D eigenvalue weighted by atomic mass is 9.83. The lowest BCUT2D eigenvalue weighted by Crippen LogP contribution is -2.32. The van der Waals surface area contributed by atoms with Gasteiger partial charge in [0.05, 0.1) is 19.6 Å². The highest BCUT2D eigenvalue weighted by Gasteiger charge is 2.26. The van der Waals surface area contributed by atoms with E-state index in [0.29, 0.717) is 19.0 Å². The van der Waals surface area contributed by atoms with Gasteiger partial charge in [0.1, 0.15) is 5.82 Å². The molecule has 3 heterocycles. The number of aromatic nitrogens is 2. The molecule has 0 radical (unpaired) electrons. The molecule has 8 nitrogen and oxygen atoms in total. The Morgan fingerprint density at radius 3 is 2.47 bits per heavy atom. The Hall–Kier alpha value is -3.17. The van der Waals surface area contributed by atoms with Crippen molar-refractivity contribution in [2.45, 2.75) is 77.0 Å². The van der Waals surface area contributed by atoms with Crippen LogP contribution in [0.25, 0.3) is 11.1 Å². The maximum absolute atomic E-state index is 13.2. The average molecular weight is 537 g/mol. The molecule has 0 bridgehead atoms. The molecule has 0 saturated heterocycles. The Balaban J connectivity index is 1.45. The molecule has 5 rings (SSSR count). The summed E-state index contributed by atoms with van der Waals surface area (Å²) in [6.45, 7) is 11.2. The number of carbonyl (C=O) groups excluding carboxylic acids is 1. The van der Waals surface area contributed by atoms with Gasteiger partial charge < -0.3 is 10.1 Å². The van der Waals surface area contributed by atoms with Crippen LogP contribution < -0.4 is 10.0 Å². The van der Waals surface area contributed by atoms with Gasteiger partial charge in [0.25, 0.3) is 10.0 Å². The fraction of sp³-hybridized carbons (Fsp3) is 0.448. The van der Waals surface area contributed by atoms with Crippen LogP contribution in [0.3, 0.4) is 0 Å². The van der Waals surface area contributed by atoms with E-state index in [2.05, 4.69) is 73.2 Å². The van der Waals surface area contributed by atoms with Crippen LogP contribution in [-0.2, 0) is 45.5 Å². The molecule has 1 aromatic heterocycles. The molecule has 0 saturated carbocycles. The number of hydrogen-bond acceptors (Lipinski definition) is 6. The summed E-state index contributed by atoms with van der Waals surface area (Å²) < 4.78 is 35.5. The molecule has 38 heavy (non-hydrogen) atoms. The summed E-state index contributed by atoms with van der Waals surface area (Å²) in [5.74, 6) is 0.390. The number of aryl methyl sites for hydroxylation is 1. The summed E-state index contributed by atoms with van der Waals surface area (Å²) in [4.78, 5) is 13.2. The molecule has 0 fully saturated rings. The van der Waals surface area contributed by atoms with Gasteiger partial charge in [-0.3, -0.25) is 4.79 Å². The molecule has 2 aliphatic heterocycles.